The Morgan fingerprint density at radius 1 is 1.47 bits per heavy atom. The molecule has 1 fully saturated rings. The first kappa shape index (κ1) is 14.3. The van der Waals surface area contributed by atoms with Gasteiger partial charge in [0.15, 0.2) is 0 Å². The van der Waals surface area contributed by atoms with Crippen molar-refractivity contribution in [2.24, 2.45) is 5.73 Å². The second kappa shape index (κ2) is 6.35. The Bertz CT molecular complexity index is 388. The number of nitrogens with zero attached hydrogens (tertiary/aromatic N) is 3. The Hall–Kier alpha value is -1.13. The minimum absolute atomic E-state index is 0.248. The summed E-state index contributed by atoms with van der Waals surface area (Å²) in [5, 5.41) is 0. The molecule has 0 spiro atoms. The molecule has 2 rings (SSSR count). The molecule has 1 aromatic heterocycles. The number of hydrogen-bond acceptors (Lipinski definition) is 4. The molecule has 19 heavy (non-hydrogen) atoms. The van der Waals surface area contributed by atoms with Gasteiger partial charge in [-0.3, -0.25) is 0 Å². The summed E-state index contributed by atoms with van der Waals surface area (Å²) in [7, 11) is 4.30. The van der Waals surface area contributed by atoms with E-state index in [1.807, 2.05) is 6.20 Å². The van der Waals surface area contributed by atoms with Crippen molar-refractivity contribution in [3.8, 4) is 0 Å². The Kier molecular flexibility index (Phi) is 4.77. The molecule has 106 valence electrons. The first-order chi connectivity index (χ1) is 9.10. The van der Waals surface area contributed by atoms with Crippen LogP contribution in [0.4, 0.5) is 5.82 Å². The fourth-order valence-corrected chi connectivity index (χ4v) is 2.54. The lowest BCUT2D eigenvalue weighted by Crippen LogP contribution is -2.31. The summed E-state index contributed by atoms with van der Waals surface area (Å²) in [5.41, 5.74) is 7.21. The Morgan fingerprint density at radius 3 is 2.79 bits per heavy atom. The third-order valence-electron chi connectivity index (χ3n) is 4.05. The van der Waals surface area contributed by atoms with Crippen molar-refractivity contribution in [2.45, 2.75) is 38.3 Å². The molecule has 0 bridgehead atoms. The summed E-state index contributed by atoms with van der Waals surface area (Å²) in [6, 6.07) is 5.20. The highest BCUT2D eigenvalue weighted by atomic mass is 15.3. The smallest absolute Gasteiger partial charge is 0.128 e. The van der Waals surface area contributed by atoms with E-state index < -0.39 is 0 Å². The Labute approximate surface area is 116 Å². The molecule has 2 N–H and O–H groups in total. The van der Waals surface area contributed by atoms with Crippen molar-refractivity contribution in [2.75, 3.05) is 32.1 Å². The Morgan fingerprint density at radius 2 is 2.26 bits per heavy atom. The number of rotatable bonds is 5. The molecule has 2 unspecified atom stereocenters. The fourth-order valence-electron chi connectivity index (χ4n) is 2.54. The molecule has 0 radical (unpaired) electrons. The zero-order chi connectivity index (χ0) is 13.8. The summed E-state index contributed by atoms with van der Waals surface area (Å²) >= 11 is 0. The normalized spacial score (nSPS) is 21.1. The number of nitrogens with two attached hydrogens (primary N) is 1. The van der Waals surface area contributed by atoms with Crippen molar-refractivity contribution in [3.05, 3.63) is 23.9 Å². The zero-order valence-electron chi connectivity index (χ0n) is 12.3. The molecule has 2 heterocycles. The molecule has 0 saturated carbocycles. The number of anilines is 1. The van der Waals surface area contributed by atoms with Crippen LogP contribution in [0, 0.1) is 0 Å². The van der Waals surface area contributed by atoms with Gasteiger partial charge in [-0.2, -0.15) is 0 Å². The number of likely N-dealkylation sites (N-methyl/N-ethyl adjacent to an activating group) is 1. The third kappa shape index (κ3) is 3.67. The molecule has 0 aliphatic carbocycles. The highest BCUT2D eigenvalue weighted by Crippen LogP contribution is 2.20. The topological polar surface area (TPSA) is 45.4 Å². The summed E-state index contributed by atoms with van der Waals surface area (Å²) < 4.78 is 0. The van der Waals surface area contributed by atoms with Crippen LogP contribution in [0.1, 0.15) is 25.3 Å². The standard InChI is InChI=1S/C15H26N4/c1-4-13(16)9-12-5-6-15(17-10-12)19-8-7-14(11-19)18(2)3/h5-6,10,13-14H,4,7-9,11,16H2,1-3H3. The van der Waals surface area contributed by atoms with Crippen molar-refractivity contribution in [1.82, 2.24) is 9.88 Å². The van der Waals surface area contributed by atoms with E-state index in [-0.39, 0.29) is 6.04 Å². The van der Waals surface area contributed by atoms with Gasteiger partial charge in [0, 0.05) is 31.4 Å². The average Bonchev–Trinajstić information content (AvgIpc) is 2.89. The van der Waals surface area contributed by atoms with Gasteiger partial charge in [0.05, 0.1) is 0 Å². The maximum Gasteiger partial charge on any atom is 0.128 e. The van der Waals surface area contributed by atoms with E-state index in [1.54, 1.807) is 0 Å². The number of hydrogen-bond donors (Lipinski definition) is 1. The predicted octanol–water partition coefficient (Wildman–Crippen LogP) is 1.50. The SMILES string of the molecule is CCC(N)Cc1ccc(N2CCC(N(C)C)C2)nc1. The molecule has 0 amide bonds. The molecule has 0 aromatic carbocycles. The zero-order valence-corrected chi connectivity index (χ0v) is 12.3. The highest BCUT2D eigenvalue weighted by Gasteiger charge is 2.24. The van der Waals surface area contributed by atoms with Crippen molar-refractivity contribution >= 4 is 5.82 Å². The van der Waals surface area contributed by atoms with Gasteiger partial charge in [-0.15, -0.1) is 0 Å². The first-order valence-corrected chi connectivity index (χ1v) is 7.22. The van der Waals surface area contributed by atoms with Crippen LogP contribution >= 0.6 is 0 Å². The van der Waals surface area contributed by atoms with Gasteiger partial charge < -0.3 is 15.5 Å². The summed E-state index contributed by atoms with van der Waals surface area (Å²) in [6.45, 7) is 4.30. The average molecular weight is 262 g/mol. The molecule has 1 aromatic rings. The first-order valence-electron chi connectivity index (χ1n) is 7.22. The number of pyridine rings is 1. The van der Waals surface area contributed by atoms with Crippen LogP contribution < -0.4 is 10.6 Å². The van der Waals surface area contributed by atoms with E-state index in [2.05, 4.69) is 47.9 Å². The summed E-state index contributed by atoms with van der Waals surface area (Å²) in [5.74, 6) is 1.10. The van der Waals surface area contributed by atoms with E-state index in [4.69, 9.17) is 5.73 Å². The van der Waals surface area contributed by atoms with E-state index in [1.165, 1.54) is 12.0 Å². The summed E-state index contributed by atoms with van der Waals surface area (Å²) in [4.78, 5) is 9.26. The lowest BCUT2D eigenvalue weighted by Gasteiger charge is -2.21. The maximum absolute atomic E-state index is 5.97. The van der Waals surface area contributed by atoms with Crippen LogP contribution in [0.5, 0.6) is 0 Å². The van der Waals surface area contributed by atoms with Crippen LogP contribution in [0.15, 0.2) is 18.3 Å². The summed E-state index contributed by atoms with van der Waals surface area (Å²) in [6.07, 6.45) is 5.13. The van der Waals surface area contributed by atoms with Crippen molar-refractivity contribution < 1.29 is 0 Å². The van der Waals surface area contributed by atoms with Gasteiger partial charge in [-0.1, -0.05) is 13.0 Å². The molecule has 1 saturated heterocycles. The van der Waals surface area contributed by atoms with Crippen molar-refractivity contribution in [1.29, 1.82) is 0 Å². The monoisotopic (exact) mass is 262 g/mol. The van der Waals surface area contributed by atoms with Gasteiger partial charge in [0.2, 0.25) is 0 Å². The van der Waals surface area contributed by atoms with Crippen LogP contribution in [-0.4, -0.2) is 49.2 Å². The molecule has 4 nitrogen and oxygen atoms in total. The largest absolute Gasteiger partial charge is 0.355 e. The Balaban J connectivity index is 1.95. The minimum atomic E-state index is 0.248. The van der Waals surface area contributed by atoms with E-state index in [0.717, 1.165) is 31.7 Å². The maximum atomic E-state index is 5.97. The molecular formula is C15H26N4. The highest BCUT2D eigenvalue weighted by molar-refractivity contribution is 5.41. The van der Waals surface area contributed by atoms with E-state index >= 15 is 0 Å². The third-order valence-corrected chi connectivity index (χ3v) is 4.05. The molecule has 1 aliphatic rings. The molecule has 4 heteroatoms. The van der Waals surface area contributed by atoms with Gasteiger partial charge in [-0.05, 0) is 45.0 Å². The van der Waals surface area contributed by atoms with E-state index in [9.17, 15) is 0 Å². The molecular weight excluding hydrogens is 236 g/mol. The van der Waals surface area contributed by atoms with Crippen molar-refractivity contribution in [3.63, 3.8) is 0 Å². The van der Waals surface area contributed by atoms with Crippen LogP contribution in [0.3, 0.4) is 0 Å². The van der Waals surface area contributed by atoms with Gasteiger partial charge in [0.25, 0.3) is 0 Å². The predicted molar refractivity (Wildman–Crippen MR) is 80.5 cm³/mol. The van der Waals surface area contributed by atoms with Gasteiger partial charge in [-0.25, -0.2) is 4.98 Å². The second-order valence-electron chi connectivity index (χ2n) is 5.75. The van der Waals surface area contributed by atoms with E-state index in [0.29, 0.717) is 6.04 Å². The minimum Gasteiger partial charge on any atom is -0.355 e. The van der Waals surface area contributed by atoms with Gasteiger partial charge >= 0.3 is 0 Å². The van der Waals surface area contributed by atoms with Gasteiger partial charge in [0.1, 0.15) is 5.82 Å². The fraction of sp³-hybridized carbons (Fsp3) is 0.667. The molecule has 2 atom stereocenters. The van der Waals surface area contributed by atoms with Crippen LogP contribution in [-0.2, 0) is 6.42 Å². The molecule has 1 aliphatic heterocycles. The lowest BCUT2D eigenvalue weighted by molar-refractivity contribution is 0.315. The lowest BCUT2D eigenvalue weighted by atomic mass is 10.1. The van der Waals surface area contributed by atoms with Crippen LogP contribution in [0.25, 0.3) is 0 Å². The second-order valence-corrected chi connectivity index (χ2v) is 5.75. The number of aromatic nitrogens is 1. The van der Waals surface area contributed by atoms with Crippen LogP contribution in [0.2, 0.25) is 0 Å². The quantitative estimate of drug-likeness (QED) is 0.873.